The second-order valence-corrected chi connectivity index (χ2v) is 12.0. The number of aliphatic hydroxyl groups is 1. The van der Waals surface area contributed by atoms with Crippen LogP contribution in [0.3, 0.4) is 0 Å². The highest BCUT2D eigenvalue weighted by atomic mass is 28.3. The smallest absolute Gasteiger partial charge is 0.222 e. The van der Waals surface area contributed by atoms with Crippen molar-refractivity contribution in [3.63, 3.8) is 0 Å². The Morgan fingerprint density at radius 1 is 1.50 bits per heavy atom. The number of aliphatic hydroxyl groups excluding tert-OH is 1. The first-order chi connectivity index (χ1) is 8.05. The molecule has 1 N–H and O–H groups in total. The summed E-state index contributed by atoms with van der Waals surface area (Å²) < 4.78 is 2.08. The molecule has 104 valence electrons. The zero-order chi connectivity index (χ0) is 14.3. The van der Waals surface area contributed by atoms with Crippen molar-refractivity contribution in [2.24, 2.45) is 5.92 Å². The topological polar surface area (TPSA) is 40.5 Å². The Hall–Kier alpha value is -0.613. The number of β-lactam (4-membered cyclic amide) rings is 1. The lowest BCUT2D eigenvalue weighted by molar-refractivity contribution is -0.154. The first-order valence-electron chi connectivity index (χ1n) is 6.68. The lowest BCUT2D eigenvalue weighted by Crippen LogP contribution is -2.74. The monoisotopic (exact) mass is 269 g/mol. The normalized spacial score (nSPS) is 26.8. The van der Waals surface area contributed by atoms with Crippen LogP contribution in [0.2, 0.25) is 18.1 Å². The highest BCUT2D eigenvalue weighted by molar-refractivity contribution is 6.80. The Morgan fingerprint density at radius 3 is 2.33 bits per heavy atom. The molecule has 1 saturated heterocycles. The maximum absolute atomic E-state index is 12.3. The summed E-state index contributed by atoms with van der Waals surface area (Å²) in [5.41, 5.74) is 0. The van der Waals surface area contributed by atoms with Crippen molar-refractivity contribution in [2.75, 3.05) is 0 Å². The van der Waals surface area contributed by atoms with E-state index < -0.39 is 14.3 Å². The van der Waals surface area contributed by atoms with Crippen LogP contribution in [0.1, 0.15) is 34.1 Å². The first kappa shape index (κ1) is 15.4. The van der Waals surface area contributed by atoms with Gasteiger partial charge >= 0.3 is 0 Å². The first-order valence-corrected chi connectivity index (χ1v) is 9.62. The van der Waals surface area contributed by atoms with Crippen LogP contribution in [0.4, 0.5) is 0 Å². The van der Waals surface area contributed by atoms with Gasteiger partial charge in [0.15, 0.2) is 8.24 Å². The molecule has 18 heavy (non-hydrogen) atoms. The molecule has 3 atom stereocenters. The molecule has 0 saturated carbocycles. The molecule has 1 heterocycles. The third kappa shape index (κ3) is 2.28. The predicted octanol–water partition coefficient (Wildman–Crippen LogP) is 2.78. The van der Waals surface area contributed by atoms with Gasteiger partial charge in [-0.05, 0) is 18.4 Å². The van der Waals surface area contributed by atoms with Crippen LogP contribution >= 0.6 is 0 Å². The zero-order valence-corrected chi connectivity index (χ0v) is 13.5. The van der Waals surface area contributed by atoms with Gasteiger partial charge in [-0.1, -0.05) is 39.9 Å². The van der Waals surface area contributed by atoms with Gasteiger partial charge in [0.25, 0.3) is 0 Å². The lowest BCUT2D eigenvalue weighted by atomic mass is 9.84. The van der Waals surface area contributed by atoms with Crippen molar-refractivity contribution < 1.29 is 9.90 Å². The van der Waals surface area contributed by atoms with Crippen LogP contribution < -0.4 is 0 Å². The highest BCUT2D eigenvalue weighted by Gasteiger charge is 2.57. The Balaban J connectivity index is 3.03. The fourth-order valence-electron chi connectivity index (χ4n) is 2.57. The summed E-state index contributed by atoms with van der Waals surface area (Å²) in [5.74, 6) is -0.111. The van der Waals surface area contributed by atoms with Gasteiger partial charge in [-0.3, -0.25) is 4.79 Å². The Labute approximate surface area is 112 Å². The molecule has 1 rings (SSSR count). The molecule has 1 aliphatic rings. The predicted molar refractivity (Wildman–Crippen MR) is 77.8 cm³/mol. The standard InChI is InChI=1S/C14H27NO2Si/c1-8-9-11-12(10(2)16)13(17)15(11)18(6,7)14(3,4)5/h8,10-12,16H,1,9H2,2-7H3/t10-,11-,12-/m1/s1. The van der Waals surface area contributed by atoms with E-state index in [0.717, 1.165) is 6.42 Å². The average molecular weight is 269 g/mol. The Bertz CT molecular complexity index is 344. The number of carbonyl (C=O) groups excluding carboxylic acids is 1. The molecule has 1 fully saturated rings. The summed E-state index contributed by atoms with van der Waals surface area (Å²) in [4.78, 5) is 12.3. The van der Waals surface area contributed by atoms with E-state index in [0.29, 0.717) is 0 Å². The van der Waals surface area contributed by atoms with Crippen molar-refractivity contribution >= 4 is 14.1 Å². The van der Waals surface area contributed by atoms with Crippen molar-refractivity contribution in [1.29, 1.82) is 0 Å². The van der Waals surface area contributed by atoms with Crippen molar-refractivity contribution in [2.45, 2.75) is 64.4 Å². The molecule has 0 radical (unpaired) electrons. The van der Waals surface area contributed by atoms with Gasteiger partial charge in [-0.25, -0.2) is 0 Å². The van der Waals surface area contributed by atoms with E-state index in [9.17, 15) is 9.90 Å². The summed E-state index contributed by atoms with van der Waals surface area (Å²) in [6.07, 6.45) is 2.06. The number of rotatable bonds is 4. The Kier molecular flexibility index (Phi) is 4.13. The van der Waals surface area contributed by atoms with Gasteiger partial charge < -0.3 is 9.67 Å². The molecule has 0 bridgehead atoms. The third-order valence-electron chi connectivity index (χ3n) is 4.63. The van der Waals surface area contributed by atoms with Crippen molar-refractivity contribution in [3.05, 3.63) is 12.7 Å². The van der Waals surface area contributed by atoms with E-state index in [1.54, 1.807) is 6.92 Å². The highest BCUT2D eigenvalue weighted by Crippen LogP contribution is 2.46. The summed E-state index contributed by atoms with van der Waals surface area (Å²) in [6.45, 7) is 16.6. The van der Waals surface area contributed by atoms with Gasteiger partial charge in [0, 0.05) is 6.04 Å². The van der Waals surface area contributed by atoms with E-state index in [2.05, 4.69) is 45.0 Å². The second kappa shape index (κ2) is 4.81. The number of carbonyl (C=O) groups is 1. The summed E-state index contributed by atoms with van der Waals surface area (Å²) in [5, 5.41) is 9.89. The van der Waals surface area contributed by atoms with Crippen molar-refractivity contribution in [1.82, 2.24) is 4.57 Å². The minimum atomic E-state index is -1.85. The molecule has 0 aromatic heterocycles. The molecule has 3 nitrogen and oxygen atoms in total. The van der Waals surface area contributed by atoms with Gasteiger partial charge in [-0.15, -0.1) is 6.58 Å². The molecule has 0 aliphatic carbocycles. The number of amides is 1. The van der Waals surface area contributed by atoms with E-state index in [1.807, 2.05) is 6.08 Å². The van der Waals surface area contributed by atoms with E-state index in [4.69, 9.17) is 0 Å². The SMILES string of the molecule is C=CC[C@@H]1[C@@H]([C@@H](C)O)C(=O)N1[Si](C)(C)C(C)(C)C. The van der Waals surface area contributed by atoms with Crippen LogP contribution in [0.25, 0.3) is 0 Å². The quantitative estimate of drug-likeness (QED) is 0.484. The molecule has 0 unspecified atom stereocenters. The van der Waals surface area contributed by atoms with E-state index in [-0.39, 0.29) is 22.9 Å². The maximum atomic E-state index is 12.3. The van der Waals surface area contributed by atoms with Crippen LogP contribution in [-0.2, 0) is 4.79 Å². The van der Waals surface area contributed by atoms with Crippen LogP contribution in [-0.4, -0.2) is 36.0 Å². The van der Waals surface area contributed by atoms with Crippen LogP contribution in [0, 0.1) is 5.92 Å². The largest absolute Gasteiger partial charge is 0.393 e. The maximum Gasteiger partial charge on any atom is 0.222 e. The summed E-state index contributed by atoms with van der Waals surface area (Å²) in [7, 11) is -1.85. The number of nitrogens with zero attached hydrogens (tertiary/aromatic N) is 1. The van der Waals surface area contributed by atoms with Crippen LogP contribution in [0.15, 0.2) is 12.7 Å². The van der Waals surface area contributed by atoms with E-state index in [1.165, 1.54) is 0 Å². The van der Waals surface area contributed by atoms with Gasteiger partial charge in [0.1, 0.15) is 0 Å². The fraction of sp³-hybridized carbons (Fsp3) is 0.786. The molecule has 0 aromatic carbocycles. The molecule has 0 aromatic rings. The van der Waals surface area contributed by atoms with E-state index >= 15 is 0 Å². The summed E-state index contributed by atoms with van der Waals surface area (Å²) >= 11 is 0. The van der Waals surface area contributed by atoms with Crippen molar-refractivity contribution in [3.8, 4) is 0 Å². The average Bonchev–Trinajstić information content (AvgIpc) is 2.13. The molecular weight excluding hydrogens is 242 g/mol. The Morgan fingerprint density at radius 2 is 2.00 bits per heavy atom. The fourth-order valence-corrected chi connectivity index (χ4v) is 5.09. The number of hydrogen-bond donors (Lipinski definition) is 1. The molecule has 1 aliphatic heterocycles. The van der Waals surface area contributed by atoms with Gasteiger partial charge in [-0.2, -0.15) is 0 Å². The minimum absolute atomic E-state index is 0.128. The third-order valence-corrected chi connectivity index (χ3v) is 10.1. The molecule has 0 spiro atoms. The minimum Gasteiger partial charge on any atom is -0.393 e. The van der Waals surface area contributed by atoms with Gasteiger partial charge in [0.05, 0.1) is 12.0 Å². The molecular formula is C14H27NO2Si. The number of hydrogen-bond acceptors (Lipinski definition) is 2. The molecule has 1 amide bonds. The molecule has 4 heteroatoms. The lowest BCUT2D eigenvalue weighted by Gasteiger charge is -2.59. The summed E-state index contributed by atoms with van der Waals surface area (Å²) in [6, 6.07) is 0.135. The second-order valence-electron chi connectivity index (χ2n) is 6.88. The van der Waals surface area contributed by atoms with Gasteiger partial charge in [0.2, 0.25) is 5.91 Å². The van der Waals surface area contributed by atoms with Crippen LogP contribution in [0.5, 0.6) is 0 Å². The zero-order valence-electron chi connectivity index (χ0n) is 12.5.